The van der Waals surface area contributed by atoms with Gasteiger partial charge in [-0.2, -0.15) is 0 Å². The molecule has 0 bridgehead atoms. The van der Waals surface area contributed by atoms with Gasteiger partial charge in [0.2, 0.25) is 0 Å². The zero-order chi connectivity index (χ0) is 25.3. The molecule has 0 spiro atoms. The number of nitro benzene ring substituents is 1. The maximum atomic E-state index is 13.1. The molecule has 0 fully saturated rings. The van der Waals surface area contributed by atoms with Crippen LogP contribution in [0.3, 0.4) is 0 Å². The maximum Gasteiger partial charge on any atom is 0.342 e. The zero-order valence-corrected chi connectivity index (χ0v) is 19.1. The molecule has 34 heavy (non-hydrogen) atoms. The number of benzene rings is 2. The van der Waals surface area contributed by atoms with Gasteiger partial charge >= 0.3 is 5.97 Å². The van der Waals surface area contributed by atoms with Crippen LogP contribution in [0.25, 0.3) is 0 Å². The first kappa shape index (κ1) is 25.9. The van der Waals surface area contributed by atoms with Gasteiger partial charge in [0, 0.05) is 17.3 Å². The van der Waals surface area contributed by atoms with E-state index in [1.165, 1.54) is 43.4 Å². The van der Waals surface area contributed by atoms with Gasteiger partial charge in [-0.15, -0.1) is 0 Å². The lowest BCUT2D eigenvalue weighted by atomic mass is 10.0. The number of hydrogen-bond donors (Lipinski definition) is 1. The van der Waals surface area contributed by atoms with Gasteiger partial charge in [-0.05, 0) is 32.0 Å². The molecular formula is C25H26N2O7. The van der Waals surface area contributed by atoms with Gasteiger partial charge in [0.25, 0.3) is 11.6 Å². The Labute approximate surface area is 197 Å². The zero-order valence-electron chi connectivity index (χ0n) is 19.1. The first-order valence-electron chi connectivity index (χ1n) is 10.2. The Hall–Kier alpha value is -4.40. The summed E-state index contributed by atoms with van der Waals surface area (Å²) >= 11 is 0. The second-order valence-electron chi connectivity index (χ2n) is 7.00. The smallest absolute Gasteiger partial charge is 0.342 e. The molecule has 1 N–H and O–H groups in total. The molecule has 9 nitrogen and oxygen atoms in total. The lowest BCUT2D eigenvalue weighted by Gasteiger charge is -2.17. The highest BCUT2D eigenvalue weighted by Crippen LogP contribution is 2.34. The van der Waals surface area contributed by atoms with E-state index in [0.29, 0.717) is 11.3 Å². The summed E-state index contributed by atoms with van der Waals surface area (Å²) in [6.07, 6.45) is 4.44. The summed E-state index contributed by atoms with van der Waals surface area (Å²) in [7, 11) is 0. The summed E-state index contributed by atoms with van der Waals surface area (Å²) in [6.45, 7) is 14.1. The molecule has 2 rings (SSSR count). The van der Waals surface area contributed by atoms with Gasteiger partial charge in [0.1, 0.15) is 36.9 Å². The van der Waals surface area contributed by atoms with Crippen molar-refractivity contribution in [2.75, 3.05) is 25.1 Å². The van der Waals surface area contributed by atoms with E-state index in [4.69, 9.17) is 14.2 Å². The van der Waals surface area contributed by atoms with E-state index >= 15 is 0 Å². The van der Waals surface area contributed by atoms with Crippen LogP contribution >= 0.6 is 0 Å². The lowest BCUT2D eigenvalue weighted by Crippen LogP contribution is -2.17. The molecule has 0 aromatic heterocycles. The van der Waals surface area contributed by atoms with E-state index in [2.05, 4.69) is 25.1 Å². The third-order valence-corrected chi connectivity index (χ3v) is 4.72. The SMILES string of the molecule is C=CCOC(=O)c1ccc(NC(=O)c2ccc([N+](=O)[O-])c(C)c2OCC=C)c(C)c1OCC=C. The summed E-state index contributed by atoms with van der Waals surface area (Å²) in [5, 5.41) is 14.1. The number of nitrogens with one attached hydrogen (secondary N) is 1. The van der Waals surface area contributed by atoms with E-state index in [1.807, 2.05) is 0 Å². The third-order valence-electron chi connectivity index (χ3n) is 4.72. The maximum absolute atomic E-state index is 13.1. The number of carbonyl (C=O) groups excluding carboxylic acids is 2. The molecule has 1 amide bonds. The standard InChI is InChI=1S/C25H26N2O7/c1-6-13-32-22-16(4)20(11-9-19(22)25(29)34-15-8-3)26-24(28)18-10-12-21(27(30)31)17(5)23(18)33-14-7-2/h6-12H,1-3,13-15H2,4-5H3,(H,26,28). The fraction of sp³-hybridized carbons (Fsp3) is 0.200. The van der Waals surface area contributed by atoms with Crippen LogP contribution in [0.2, 0.25) is 0 Å². The summed E-state index contributed by atoms with van der Waals surface area (Å²) in [6, 6.07) is 5.59. The fourth-order valence-corrected chi connectivity index (χ4v) is 3.10. The number of nitrogens with zero attached hydrogens (tertiary/aromatic N) is 1. The highest BCUT2D eigenvalue weighted by atomic mass is 16.6. The molecule has 0 aliphatic rings. The van der Waals surface area contributed by atoms with Crippen LogP contribution in [0, 0.1) is 24.0 Å². The van der Waals surface area contributed by atoms with Gasteiger partial charge in [0.05, 0.1) is 16.1 Å². The van der Waals surface area contributed by atoms with Crippen molar-refractivity contribution in [3.05, 3.63) is 94.6 Å². The molecule has 9 heteroatoms. The van der Waals surface area contributed by atoms with Gasteiger partial charge in [-0.3, -0.25) is 14.9 Å². The van der Waals surface area contributed by atoms with Crippen LogP contribution in [-0.4, -0.2) is 36.6 Å². The number of amides is 1. The highest BCUT2D eigenvalue weighted by Gasteiger charge is 2.24. The normalized spacial score (nSPS) is 10.1. The fourth-order valence-electron chi connectivity index (χ4n) is 3.10. The number of hydrogen-bond acceptors (Lipinski definition) is 7. The van der Waals surface area contributed by atoms with Crippen molar-refractivity contribution >= 4 is 23.3 Å². The summed E-state index contributed by atoms with van der Waals surface area (Å²) < 4.78 is 16.4. The molecule has 0 saturated carbocycles. The van der Waals surface area contributed by atoms with E-state index in [0.717, 1.165) is 0 Å². The van der Waals surface area contributed by atoms with Crippen LogP contribution in [0.4, 0.5) is 11.4 Å². The molecule has 0 aliphatic carbocycles. The van der Waals surface area contributed by atoms with Crippen LogP contribution < -0.4 is 14.8 Å². The monoisotopic (exact) mass is 466 g/mol. The first-order valence-corrected chi connectivity index (χ1v) is 10.2. The van der Waals surface area contributed by atoms with Crippen molar-refractivity contribution in [2.24, 2.45) is 0 Å². The number of nitro groups is 1. The second kappa shape index (κ2) is 12.0. The van der Waals surface area contributed by atoms with Crippen LogP contribution in [0.1, 0.15) is 31.8 Å². The number of esters is 1. The Morgan fingerprint density at radius 2 is 1.47 bits per heavy atom. The lowest BCUT2D eigenvalue weighted by molar-refractivity contribution is -0.385. The molecule has 0 unspecified atom stereocenters. The Balaban J connectivity index is 2.47. The van der Waals surface area contributed by atoms with E-state index in [9.17, 15) is 19.7 Å². The summed E-state index contributed by atoms with van der Waals surface area (Å²) in [5.41, 5.74) is 1.18. The van der Waals surface area contributed by atoms with Crippen molar-refractivity contribution in [1.29, 1.82) is 0 Å². The van der Waals surface area contributed by atoms with E-state index in [1.54, 1.807) is 13.0 Å². The molecule has 2 aromatic rings. The minimum atomic E-state index is -0.606. The molecule has 0 radical (unpaired) electrons. The Morgan fingerprint density at radius 1 is 0.912 bits per heavy atom. The van der Waals surface area contributed by atoms with Crippen LogP contribution in [-0.2, 0) is 4.74 Å². The van der Waals surface area contributed by atoms with Gasteiger partial charge < -0.3 is 19.5 Å². The largest absolute Gasteiger partial charge is 0.488 e. The molecule has 0 saturated heterocycles. The third kappa shape index (κ3) is 5.89. The minimum absolute atomic E-state index is 0.0320. The van der Waals surface area contributed by atoms with Crippen LogP contribution in [0.5, 0.6) is 11.5 Å². The Kier molecular flexibility index (Phi) is 9.13. The topological polar surface area (TPSA) is 117 Å². The number of rotatable bonds is 12. The molecule has 0 heterocycles. The van der Waals surface area contributed by atoms with Crippen LogP contribution in [0.15, 0.2) is 62.2 Å². The second-order valence-corrected chi connectivity index (χ2v) is 7.00. The van der Waals surface area contributed by atoms with Gasteiger partial charge in [-0.25, -0.2) is 4.79 Å². The Bertz CT molecular complexity index is 1140. The number of carbonyl (C=O) groups is 2. The van der Waals surface area contributed by atoms with Crippen molar-refractivity contribution in [3.63, 3.8) is 0 Å². The minimum Gasteiger partial charge on any atom is -0.488 e. The molecule has 0 aliphatic heterocycles. The molecule has 2 aromatic carbocycles. The molecule has 178 valence electrons. The van der Waals surface area contributed by atoms with E-state index in [-0.39, 0.29) is 53.7 Å². The predicted octanol–water partition coefficient (Wildman–Crippen LogP) is 4.94. The van der Waals surface area contributed by atoms with Crippen molar-refractivity contribution in [3.8, 4) is 11.5 Å². The van der Waals surface area contributed by atoms with Gasteiger partial charge in [0.15, 0.2) is 0 Å². The molecule has 0 atom stereocenters. The summed E-state index contributed by atoms with van der Waals surface area (Å²) in [4.78, 5) is 36.3. The first-order chi connectivity index (χ1) is 16.3. The average molecular weight is 466 g/mol. The van der Waals surface area contributed by atoms with E-state index < -0.39 is 16.8 Å². The average Bonchev–Trinajstić information content (AvgIpc) is 2.81. The highest BCUT2D eigenvalue weighted by molar-refractivity contribution is 6.07. The molecular weight excluding hydrogens is 440 g/mol. The number of anilines is 1. The quantitative estimate of drug-likeness (QED) is 0.204. The van der Waals surface area contributed by atoms with Crippen molar-refractivity contribution in [1.82, 2.24) is 0 Å². The predicted molar refractivity (Wildman–Crippen MR) is 129 cm³/mol. The number of ether oxygens (including phenoxy) is 3. The van der Waals surface area contributed by atoms with Gasteiger partial charge in [-0.1, -0.05) is 38.0 Å². The van der Waals surface area contributed by atoms with Crippen molar-refractivity contribution < 1.29 is 28.7 Å². The Morgan fingerprint density at radius 3 is 2.03 bits per heavy atom. The summed E-state index contributed by atoms with van der Waals surface area (Å²) in [5.74, 6) is -0.852. The van der Waals surface area contributed by atoms with Crippen molar-refractivity contribution in [2.45, 2.75) is 13.8 Å².